The van der Waals surface area contributed by atoms with Gasteiger partial charge in [-0.2, -0.15) is 10.2 Å². The van der Waals surface area contributed by atoms with Crippen molar-refractivity contribution in [2.45, 2.75) is 13.5 Å². The molecule has 0 saturated heterocycles. The van der Waals surface area contributed by atoms with E-state index < -0.39 is 0 Å². The topological polar surface area (TPSA) is 81.0 Å². The molecule has 0 spiro atoms. The summed E-state index contributed by atoms with van der Waals surface area (Å²) in [7, 11) is 0. The summed E-state index contributed by atoms with van der Waals surface area (Å²) in [5, 5.41) is 14.3. The number of thiazole rings is 2. The number of nitrogens with zero attached hydrogens (tertiary/aromatic N) is 5. The number of ether oxygens (including phenoxy) is 1. The van der Waals surface area contributed by atoms with Gasteiger partial charge in [-0.1, -0.05) is 30.3 Å². The Kier molecular flexibility index (Phi) is 3.95. The highest BCUT2D eigenvalue weighted by molar-refractivity contribution is 7.20. The van der Waals surface area contributed by atoms with Crippen LogP contribution in [0.15, 0.2) is 48.2 Å². The largest absolute Gasteiger partial charge is 0.472 e. The summed E-state index contributed by atoms with van der Waals surface area (Å²) in [5.74, 6) is 1.19. The fourth-order valence-electron chi connectivity index (χ4n) is 2.84. The molecule has 27 heavy (non-hydrogen) atoms. The minimum atomic E-state index is 0.437. The minimum Gasteiger partial charge on any atom is -0.472 e. The molecule has 134 valence electrons. The molecule has 5 aromatic rings. The van der Waals surface area contributed by atoms with Gasteiger partial charge in [0.2, 0.25) is 5.88 Å². The summed E-state index contributed by atoms with van der Waals surface area (Å²) >= 11 is 3.17. The van der Waals surface area contributed by atoms with Crippen LogP contribution in [-0.4, -0.2) is 29.8 Å². The van der Waals surface area contributed by atoms with Crippen molar-refractivity contribution in [2.75, 3.05) is 0 Å². The van der Waals surface area contributed by atoms with Crippen LogP contribution in [0.3, 0.4) is 0 Å². The van der Waals surface area contributed by atoms with Crippen LogP contribution < -0.4 is 4.74 Å². The van der Waals surface area contributed by atoms with E-state index >= 15 is 0 Å². The monoisotopic (exact) mass is 394 g/mol. The number of fused-ring (bicyclic) bond motifs is 1. The Morgan fingerprint density at radius 3 is 2.93 bits per heavy atom. The first-order chi connectivity index (χ1) is 13.3. The molecule has 0 aliphatic carbocycles. The van der Waals surface area contributed by atoms with Gasteiger partial charge in [0, 0.05) is 11.6 Å². The second kappa shape index (κ2) is 6.60. The lowest BCUT2D eigenvalue weighted by molar-refractivity contribution is 0.297. The molecule has 0 unspecified atom stereocenters. The third-order valence-electron chi connectivity index (χ3n) is 4.08. The van der Waals surface area contributed by atoms with Crippen LogP contribution in [0.1, 0.15) is 11.3 Å². The van der Waals surface area contributed by atoms with Crippen molar-refractivity contribution in [1.29, 1.82) is 0 Å². The third kappa shape index (κ3) is 2.90. The molecule has 1 aromatic carbocycles. The molecule has 0 bridgehead atoms. The van der Waals surface area contributed by atoms with Crippen LogP contribution in [0.5, 0.6) is 5.88 Å². The molecular weight excluding hydrogens is 380 g/mol. The third-order valence-corrected chi connectivity index (χ3v) is 6.01. The van der Waals surface area contributed by atoms with Crippen molar-refractivity contribution in [3.8, 4) is 27.2 Å². The van der Waals surface area contributed by atoms with Crippen molar-refractivity contribution in [3.63, 3.8) is 0 Å². The lowest BCUT2D eigenvalue weighted by Gasteiger charge is -2.04. The Balaban J connectivity index is 1.57. The number of aromatic nitrogens is 6. The fourth-order valence-corrected chi connectivity index (χ4v) is 4.84. The van der Waals surface area contributed by atoms with Gasteiger partial charge in [0.15, 0.2) is 5.82 Å². The zero-order chi connectivity index (χ0) is 18.2. The van der Waals surface area contributed by atoms with Gasteiger partial charge < -0.3 is 4.74 Å². The normalized spacial score (nSPS) is 11.3. The highest BCUT2D eigenvalue weighted by atomic mass is 32.1. The molecule has 5 rings (SSSR count). The lowest BCUT2D eigenvalue weighted by Crippen LogP contribution is -1.96. The van der Waals surface area contributed by atoms with Crippen molar-refractivity contribution in [2.24, 2.45) is 0 Å². The predicted octanol–water partition coefficient (Wildman–Crippen LogP) is 4.19. The van der Waals surface area contributed by atoms with E-state index in [4.69, 9.17) is 9.72 Å². The summed E-state index contributed by atoms with van der Waals surface area (Å²) in [4.78, 5) is 11.0. The van der Waals surface area contributed by atoms with E-state index in [0.29, 0.717) is 18.3 Å². The number of H-pyrrole nitrogens is 1. The molecule has 0 aliphatic heterocycles. The number of nitrogens with one attached hydrogen (secondary N) is 1. The van der Waals surface area contributed by atoms with E-state index in [1.54, 1.807) is 11.3 Å². The highest BCUT2D eigenvalue weighted by Crippen LogP contribution is 2.41. The zero-order valence-corrected chi connectivity index (χ0v) is 15.9. The van der Waals surface area contributed by atoms with E-state index in [1.165, 1.54) is 17.7 Å². The summed E-state index contributed by atoms with van der Waals surface area (Å²) < 4.78 is 7.93. The molecule has 4 aromatic heterocycles. The summed E-state index contributed by atoms with van der Waals surface area (Å²) in [6.45, 7) is 2.43. The average molecular weight is 394 g/mol. The second-order valence-electron chi connectivity index (χ2n) is 5.87. The van der Waals surface area contributed by atoms with Gasteiger partial charge in [-0.25, -0.2) is 14.5 Å². The first-order valence-corrected chi connectivity index (χ1v) is 9.95. The quantitative estimate of drug-likeness (QED) is 0.483. The van der Waals surface area contributed by atoms with Crippen molar-refractivity contribution in [3.05, 3.63) is 59.5 Å². The molecular formula is C18H14N6OS2. The average Bonchev–Trinajstić information content (AvgIpc) is 3.44. The van der Waals surface area contributed by atoms with E-state index in [2.05, 4.69) is 20.3 Å². The lowest BCUT2D eigenvalue weighted by atomic mass is 10.2. The van der Waals surface area contributed by atoms with Crippen LogP contribution >= 0.6 is 22.7 Å². The number of benzene rings is 1. The number of aryl methyl sites for hydroxylation is 1. The molecule has 0 aliphatic rings. The standard InChI is InChI=1S/C18H14N6OS2/c1-11-13(18-24(23-11)7-8-26-18)17-21-16(14(27-17)15-19-10-20-22-15)25-9-12-5-3-2-4-6-12/h2-8,10H,9H2,1H3,(H,19,20,22). The van der Waals surface area contributed by atoms with Crippen molar-refractivity contribution in [1.82, 2.24) is 29.8 Å². The van der Waals surface area contributed by atoms with Gasteiger partial charge in [-0.05, 0) is 12.5 Å². The maximum atomic E-state index is 6.05. The Morgan fingerprint density at radius 2 is 2.11 bits per heavy atom. The zero-order valence-electron chi connectivity index (χ0n) is 14.3. The molecule has 0 radical (unpaired) electrons. The summed E-state index contributed by atoms with van der Waals surface area (Å²) in [5.41, 5.74) is 3.05. The maximum absolute atomic E-state index is 6.05. The Hall–Kier alpha value is -3.04. The molecule has 0 saturated carbocycles. The molecule has 1 N–H and O–H groups in total. The Bertz CT molecular complexity index is 1190. The smallest absolute Gasteiger partial charge is 0.236 e. The molecule has 0 fully saturated rings. The predicted molar refractivity (Wildman–Crippen MR) is 105 cm³/mol. The van der Waals surface area contributed by atoms with Gasteiger partial charge in [-0.15, -0.1) is 22.7 Å². The van der Waals surface area contributed by atoms with Crippen molar-refractivity contribution < 1.29 is 4.74 Å². The molecule has 0 atom stereocenters. The van der Waals surface area contributed by atoms with E-state index in [1.807, 2.05) is 53.3 Å². The molecule has 4 heterocycles. The van der Waals surface area contributed by atoms with Crippen LogP contribution in [0.25, 0.3) is 26.1 Å². The Morgan fingerprint density at radius 1 is 1.22 bits per heavy atom. The molecule has 7 nitrogen and oxygen atoms in total. The minimum absolute atomic E-state index is 0.437. The van der Waals surface area contributed by atoms with Crippen LogP contribution in [0.4, 0.5) is 0 Å². The van der Waals surface area contributed by atoms with E-state index in [-0.39, 0.29) is 0 Å². The van der Waals surface area contributed by atoms with Gasteiger partial charge in [0.1, 0.15) is 27.6 Å². The second-order valence-corrected chi connectivity index (χ2v) is 7.77. The van der Waals surface area contributed by atoms with Gasteiger partial charge in [-0.3, -0.25) is 5.10 Å². The summed E-state index contributed by atoms with van der Waals surface area (Å²) in [6.07, 6.45) is 3.44. The first-order valence-electron chi connectivity index (χ1n) is 8.25. The van der Waals surface area contributed by atoms with Gasteiger partial charge in [0.05, 0.1) is 11.3 Å². The molecule has 9 heteroatoms. The van der Waals surface area contributed by atoms with E-state index in [0.717, 1.165) is 31.5 Å². The first kappa shape index (κ1) is 16.2. The molecule has 0 amide bonds. The maximum Gasteiger partial charge on any atom is 0.236 e. The van der Waals surface area contributed by atoms with Crippen LogP contribution in [-0.2, 0) is 6.61 Å². The van der Waals surface area contributed by atoms with Crippen LogP contribution in [0.2, 0.25) is 0 Å². The van der Waals surface area contributed by atoms with Gasteiger partial charge in [0.25, 0.3) is 0 Å². The fraction of sp³-hybridized carbons (Fsp3) is 0.111. The number of hydrogen-bond donors (Lipinski definition) is 1. The number of rotatable bonds is 5. The summed E-state index contributed by atoms with van der Waals surface area (Å²) in [6, 6.07) is 10.0. The van der Waals surface area contributed by atoms with E-state index in [9.17, 15) is 0 Å². The van der Waals surface area contributed by atoms with Gasteiger partial charge >= 0.3 is 0 Å². The number of hydrogen-bond acceptors (Lipinski definition) is 7. The SMILES string of the molecule is Cc1nn2ccsc2c1-c1nc(OCc2ccccc2)c(-c2ncn[nH]2)s1. The van der Waals surface area contributed by atoms with Crippen molar-refractivity contribution >= 4 is 27.5 Å². The number of aromatic amines is 1. The Labute approximate surface area is 162 Å². The highest BCUT2D eigenvalue weighted by Gasteiger charge is 2.22. The van der Waals surface area contributed by atoms with Crippen LogP contribution in [0, 0.1) is 6.92 Å².